The zero-order chi connectivity index (χ0) is 33.9. The van der Waals surface area contributed by atoms with Gasteiger partial charge in [-0.15, -0.1) is 0 Å². The maximum Gasteiger partial charge on any atom is 0.416 e. The highest BCUT2D eigenvalue weighted by Crippen LogP contribution is 2.27. The molecule has 0 saturated carbocycles. The lowest BCUT2D eigenvalue weighted by Crippen LogP contribution is -2.52. The lowest BCUT2D eigenvalue weighted by atomic mass is 9.96. The number of amides is 2. The Kier molecular flexibility index (Phi) is 12.1. The van der Waals surface area contributed by atoms with E-state index in [4.69, 9.17) is 19.6 Å². The Morgan fingerprint density at radius 3 is 1.96 bits per heavy atom. The number of hydrogen-bond donors (Lipinski definition) is 5. The van der Waals surface area contributed by atoms with Crippen molar-refractivity contribution in [1.82, 2.24) is 10.6 Å². The van der Waals surface area contributed by atoms with Gasteiger partial charge >= 0.3 is 24.3 Å². The molecule has 3 rings (SSSR count). The number of carbonyl (C=O) groups excluding carboxylic acids is 3. The summed E-state index contributed by atoms with van der Waals surface area (Å²) in [5.74, 6) is -1.45. The predicted molar refractivity (Wildman–Crippen MR) is 162 cm³/mol. The zero-order valence-electron chi connectivity index (χ0n) is 25.3. The number of nitrogens with one attached hydrogen (secondary N) is 4. The minimum atomic E-state index is -5.12. The number of alkyl halides is 3. The van der Waals surface area contributed by atoms with Crippen molar-refractivity contribution in [2.45, 2.75) is 64.3 Å². The summed E-state index contributed by atoms with van der Waals surface area (Å²) >= 11 is 0. The summed E-state index contributed by atoms with van der Waals surface area (Å²) < 4.78 is 56.4. The molecule has 14 heteroatoms. The van der Waals surface area contributed by atoms with E-state index in [1.165, 1.54) is 39.0 Å². The van der Waals surface area contributed by atoms with E-state index in [2.05, 4.69) is 16.0 Å². The number of carbonyl (C=O) groups is 3. The van der Waals surface area contributed by atoms with Gasteiger partial charge in [0.15, 0.2) is 6.10 Å². The second-order valence-corrected chi connectivity index (χ2v) is 11.1. The fraction of sp³-hybridized carbons (Fsp3) is 0.312. The summed E-state index contributed by atoms with van der Waals surface area (Å²) in [5.41, 5.74) is 0.187. The Labute approximate surface area is 263 Å². The first-order valence-electron chi connectivity index (χ1n) is 14.0. The van der Waals surface area contributed by atoms with Crippen molar-refractivity contribution in [3.63, 3.8) is 0 Å². The number of benzene rings is 3. The molecule has 246 valence electrons. The third kappa shape index (κ3) is 11.8. The van der Waals surface area contributed by atoms with Crippen molar-refractivity contribution in [3.8, 4) is 0 Å². The second-order valence-electron chi connectivity index (χ2n) is 11.1. The monoisotopic (exact) mass is 644 g/mol. The topological polar surface area (TPSA) is 159 Å². The van der Waals surface area contributed by atoms with Gasteiger partial charge in [0.25, 0.3) is 0 Å². The molecule has 0 radical (unpaired) electrons. The Hall–Kier alpha value is -5.11. The number of guanidine groups is 1. The first-order valence-corrected chi connectivity index (χ1v) is 14.0. The van der Waals surface area contributed by atoms with Crippen LogP contribution in [0.1, 0.15) is 47.8 Å². The van der Waals surface area contributed by atoms with Gasteiger partial charge in [0, 0.05) is 5.69 Å². The van der Waals surface area contributed by atoms with Crippen LogP contribution in [0.25, 0.3) is 0 Å². The van der Waals surface area contributed by atoms with E-state index in [9.17, 15) is 32.7 Å². The summed E-state index contributed by atoms with van der Waals surface area (Å²) in [7, 11) is 0. The molecule has 0 aliphatic heterocycles. The van der Waals surface area contributed by atoms with E-state index < -0.39 is 54.5 Å². The smallest absolute Gasteiger partial charge is 0.416 e. The fourth-order valence-electron chi connectivity index (χ4n) is 4.03. The van der Waals surface area contributed by atoms with Crippen LogP contribution in [0.5, 0.6) is 0 Å². The van der Waals surface area contributed by atoms with E-state index in [1.54, 1.807) is 60.7 Å². The Bertz CT molecular complexity index is 1500. The van der Waals surface area contributed by atoms with E-state index >= 15 is 0 Å². The highest BCUT2D eigenvalue weighted by atomic mass is 19.4. The Morgan fingerprint density at radius 2 is 1.41 bits per heavy atom. The molecule has 2 amide bonds. The lowest BCUT2D eigenvalue weighted by molar-refractivity contribution is -0.211. The van der Waals surface area contributed by atoms with Gasteiger partial charge in [0.2, 0.25) is 5.96 Å². The molecular weight excluding hydrogens is 609 g/mol. The van der Waals surface area contributed by atoms with Gasteiger partial charge in [-0.1, -0.05) is 66.7 Å². The Morgan fingerprint density at radius 1 is 0.848 bits per heavy atom. The quantitative estimate of drug-likeness (QED) is 0.0817. The normalized spacial score (nSPS) is 12.7. The zero-order valence-corrected chi connectivity index (χ0v) is 25.3. The summed E-state index contributed by atoms with van der Waals surface area (Å²) in [6.07, 6.45) is -10.9. The first kappa shape index (κ1) is 35.4. The first-order chi connectivity index (χ1) is 21.6. The van der Waals surface area contributed by atoms with Gasteiger partial charge in [0.1, 0.15) is 18.8 Å². The number of halogens is 3. The summed E-state index contributed by atoms with van der Waals surface area (Å²) in [6, 6.07) is 19.3. The average molecular weight is 645 g/mol. The van der Waals surface area contributed by atoms with Crippen LogP contribution in [0, 0.1) is 5.41 Å². The number of alkyl carbamates (subject to hydrolysis) is 2. The van der Waals surface area contributed by atoms with Gasteiger partial charge in [-0.2, -0.15) is 13.2 Å². The summed E-state index contributed by atoms with van der Waals surface area (Å²) in [6.45, 7) is 4.35. The SMILES string of the molecule is CC(C)(C)OC(=O)NC(Cc1ccc(NC(=N)NC(=O)OCc2ccccc2)cc1C(=O)OCc1ccccc1)C(O)C(F)(F)F. The van der Waals surface area contributed by atoms with Crippen molar-refractivity contribution in [2.75, 3.05) is 5.32 Å². The number of ether oxygens (including phenoxy) is 3. The molecule has 3 aromatic carbocycles. The number of rotatable bonds is 10. The number of anilines is 1. The predicted octanol–water partition coefficient (Wildman–Crippen LogP) is 5.68. The average Bonchev–Trinajstić information content (AvgIpc) is 2.98. The molecule has 2 unspecified atom stereocenters. The van der Waals surface area contributed by atoms with Crippen LogP contribution in [0.2, 0.25) is 0 Å². The minimum Gasteiger partial charge on any atom is -0.457 e. The fourth-order valence-corrected chi connectivity index (χ4v) is 4.03. The van der Waals surface area contributed by atoms with Crippen molar-refractivity contribution < 1.29 is 46.9 Å². The molecule has 2 atom stereocenters. The maximum atomic E-state index is 13.6. The molecule has 3 aromatic rings. The highest BCUT2D eigenvalue weighted by molar-refractivity contribution is 6.01. The van der Waals surface area contributed by atoms with E-state index in [0.29, 0.717) is 5.56 Å². The van der Waals surface area contributed by atoms with Crippen LogP contribution in [0.3, 0.4) is 0 Å². The van der Waals surface area contributed by atoms with Crippen LogP contribution >= 0.6 is 0 Å². The number of hydrogen-bond acceptors (Lipinski definition) is 8. The lowest BCUT2D eigenvalue weighted by Gasteiger charge is -2.28. The molecular formula is C32H35F3N4O7. The molecule has 0 fully saturated rings. The van der Waals surface area contributed by atoms with Crippen molar-refractivity contribution in [3.05, 3.63) is 101 Å². The molecule has 11 nitrogen and oxygen atoms in total. The van der Waals surface area contributed by atoms with Gasteiger partial charge < -0.3 is 30.0 Å². The second kappa shape index (κ2) is 15.8. The third-order valence-corrected chi connectivity index (χ3v) is 6.11. The molecule has 46 heavy (non-hydrogen) atoms. The molecule has 0 aromatic heterocycles. The van der Waals surface area contributed by atoms with E-state index in [1.807, 2.05) is 0 Å². The molecule has 0 saturated heterocycles. The molecule has 0 aliphatic carbocycles. The van der Waals surface area contributed by atoms with Crippen LogP contribution in [0.15, 0.2) is 78.9 Å². The number of aliphatic hydroxyl groups is 1. The van der Waals surface area contributed by atoms with Gasteiger partial charge in [-0.05, 0) is 56.0 Å². The van der Waals surface area contributed by atoms with Crippen LogP contribution in [-0.2, 0) is 33.8 Å². The molecule has 5 N–H and O–H groups in total. The highest BCUT2D eigenvalue weighted by Gasteiger charge is 2.45. The standard InChI is InChI=1S/C32H35F3N4O7/c1-31(2,3)46-30(43)38-25(26(40)32(33,34)35)16-22-14-15-23(17-24(22)27(41)44-18-20-10-6-4-7-11-20)37-28(36)39-29(42)45-19-21-12-8-5-9-13-21/h4-15,17,25-26,40H,16,18-19H2,1-3H3,(H,38,43)(H3,36,37,39,42). The molecule has 0 bridgehead atoms. The van der Waals surface area contributed by atoms with E-state index in [0.717, 1.165) is 5.56 Å². The van der Waals surface area contributed by atoms with Gasteiger partial charge in [-0.25, -0.2) is 14.4 Å². The Balaban J connectivity index is 1.83. The molecule has 0 heterocycles. The van der Waals surface area contributed by atoms with Crippen molar-refractivity contribution >= 4 is 29.8 Å². The largest absolute Gasteiger partial charge is 0.457 e. The third-order valence-electron chi connectivity index (χ3n) is 6.11. The number of esters is 1. The van der Waals surface area contributed by atoms with Gasteiger partial charge in [-0.3, -0.25) is 10.7 Å². The van der Waals surface area contributed by atoms with Gasteiger partial charge in [0.05, 0.1) is 11.6 Å². The van der Waals surface area contributed by atoms with Crippen LogP contribution in [-0.4, -0.2) is 53.1 Å². The van der Waals surface area contributed by atoms with Crippen LogP contribution < -0.4 is 16.0 Å². The maximum absolute atomic E-state index is 13.6. The van der Waals surface area contributed by atoms with Crippen LogP contribution in [0.4, 0.5) is 28.4 Å². The summed E-state index contributed by atoms with van der Waals surface area (Å²) in [4.78, 5) is 37.8. The molecule has 0 aliphatic rings. The molecule has 0 spiro atoms. The van der Waals surface area contributed by atoms with E-state index in [-0.39, 0.29) is 30.0 Å². The summed E-state index contributed by atoms with van der Waals surface area (Å²) in [5, 5.41) is 25.0. The number of aliphatic hydroxyl groups excluding tert-OH is 1. The van der Waals surface area contributed by atoms with Crippen molar-refractivity contribution in [1.29, 1.82) is 5.41 Å². The minimum absolute atomic E-state index is 0.0188. The van der Waals surface area contributed by atoms with Crippen molar-refractivity contribution in [2.24, 2.45) is 0 Å².